The molecule has 0 aromatic carbocycles. The van der Waals surface area contributed by atoms with Gasteiger partial charge >= 0.3 is 0 Å². The predicted molar refractivity (Wildman–Crippen MR) is 64.3 cm³/mol. The summed E-state index contributed by atoms with van der Waals surface area (Å²) in [6, 6.07) is 0. The molecule has 0 radical (unpaired) electrons. The molecular weight excluding hydrogens is 232 g/mol. The van der Waals surface area contributed by atoms with Crippen LogP contribution in [0.1, 0.15) is 63.1 Å². The van der Waals surface area contributed by atoms with Gasteiger partial charge in [0.05, 0.1) is 30.1 Å². The van der Waals surface area contributed by atoms with E-state index in [-0.39, 0.29) is 17.9 Å². The minimum Gasteiger partial charge on any atom is -0.393 e. The molecule has 5 heteroatoms. The van der Waals surface area contributed by atoms with Crippen molar-refractivity contribution in [1.29, 1.82) is 0 Å². The van der Waals surface area contributed by atoms with Crippen molar-refractivity contribution >= 4 is 0 Å². The number of aliphatic hydroxyl groups excluding tert-OH is 1. The smallest absolute Gasteiger partial charge is 0.232 e. The lowest BCUT2D eigenvalue weighted by Gasteiger charge is -2.14. The number of ether oxygens (including phenoxy) is 1. The Balaban J connectivity index is 1.77. The molecule has 0 saturated carbocycles. The van der Waals surface area contributed by atoms with Crippen LogP contribution in [0.15, 0.2) is 4.52 Å². The molecule has 5 nitrogen and oxygen atoms in total. The first-order valence-corrected chi connectivity index (χ1v) is 6.86. The molecule has 3 heterocycles. The first kappa shape index (κ1) is 12.1. The Labute approximate surface area is 107 Å². The summed E-state index contributed by atoms with van der Waals surface area (Å²) in [5, 5.41) is 13.8. The highest BCUT2D eigenvalue weighted by Gasteiger charge is 2.44. The first-order valence-electron chi connectivity index (χ1n) is 6.86. The van der Waals surface area contributed by atoms with Gasteiger partial charge < -0.3 is 14.4 Å². The van der Waals surface area contributed by atoms with Crippen molar-refractivity contribution in [3.05, 3.63) is 11.7 Å². The van der Waals surface area contributed by atoms with Crippen molar-refractivity contribution in [3.63, 3.8) is 0 Å². The highest BCUT2D eigenvalue weighted by Crippen LogP contribution is 2.43. The molecule has 2 bridgehead atoms. The fourth-order valence-electron chi connectivity index (χ4n) is 3.18. The van der Waals surface area contributed by atoms with Gasteiger partial charge in [0.15, 0.2) is 5.82 Å². The second-order valence-electron chi connectivity index (χ2n) is 5.46. The minimum atomic E-state index is -0.459. The van der Waals surface area contributed by atoms with Crippen LogP contribution in [0, 0.1) is 0 Å². The number of aromatic nitrogens is 2. The Morgan fingerprint density at radius 2 is 2.28 bits per heavy atom. The number of fused-ring (bicyclic) bond motifs is 2. The molecule has 1 aromatic rings. The lowest BCUT2D eigenvalue weighted by atomic mass is 9.89. The van der Waals surface area contributed by atoms with Gasteiger partial charge in [-0.3, -0.25) is 0 Å². The van der Waals surface area contributed by atoms with Gasteiger partial charge in [-0.1, -0.05) is 12.1 Å². The molecule has 0 spiro atoms. The second-order valence-corrected chi connectivity index (χ2v) is 5.46. The van der Waals surface area contributed by atoms with Gasteiger partial charge in [0.1, 0.15) is 0 Å². The summed E-state index contributed by atoms with van der Waals surface area (Å²) >= 11 is 0. The molecule has 2 saturated heterocycles. The van der Waals surface area contributed by atoms with Gasteiger partial charge in [0, 0.05) is 0 Å². The van der Waals surface area contributed by atoms with Gasteiger partial charge in [0.25, 0.3) is 0 Å². The molecule has 2 fully saturated rings. The third kappa shape index (κ3) is 1.95. The summed E-state index contributed by atoms with van der Waals surface area (Å²) in [7, 11) is 0. The lowest BCUT2D eigenvalue weighted by Crippen LogP contribution is -2.17. The summed E-state index contributed by atoms with van der Waals surface area (Å²) in [6.07, 6.45) is 4.28. The van der Waals surface area contributed by atoms with Crippen LogP contribution < -0.4 is 0 Å². The van der Waals surface area contributed by atoms with E-state index in [0.717, 1.165) is 31.5 Å². The maximum absolute atomic E-state index is 9.69. The van der Waals surface area contributed by atoms with Gasteiger partial charge in [-0.2, -0.15) is 4.98 Å². The first-order chi connectivity index (χ1) is 8.69. The Kier molecular flexibility index (Phi) is 3.11. The van der Waals surface area contributed by atoms with Crippen molar-refractivity contribution in [2.24, 2.45) is 0 Å². The summed E-state index contributed by atoms with van der Waals surface area (Å²) in [6.45, 7) is 3.78. The van der Waals surface area contributed by atoms with E-state index in [0.29, 0.717) is 12.0 Å². The van der Waals surface area contributed by atoms with E-state index in [4.69, 9.17) is 9.26 Å². The van der Waals surface area contributed by atoms with Crippen molar-refractivity contribution in [1.82, 2.24) is 10.1 Å². The number of hydrogen-bond donors (Lipinski definition) is 1. The van der Waals surface area contributed by atoms with Gasteiger partial charge in [-0.15, -0.1) is 0 Å². The molecule has 2 aliphatic rings. The van der Waals surface area contributed by atoms with Crippen LogP contribution >= 0.6 is 0 Å². The molecular formula is C13H20N2O3. The standard InChI is InChI=1S/C13H20N2O3/c1-3-9(7(2)16)13-14-12(15-18-13)10-6-8-4-5-11(10)17-8/h7-11,16H,3-6H2,1-2H3. The highest BCUT2D eigenvalue weighted by atomic mass is 16.5. The molecule has 100 valence electrons. The van der Waals surface area contributed by atoms with Crippen LogP contribution in [0.25, 0.3) is 0 Å². The molecule has 0 amide bonds. The topological polar surface area (TPSA) is 68.4 Å². The van der Waals surface area contributed by atoms with E-state index < -0.39 is 6.10 Å². The van der Waals surface area contributed by atoms with Crippen LogP contribution in [-0.4, -0.2) is 33.6 Å². The summed E-state index contributed by atoms with van der Waals surface area (Å²) < 4.78 is 11.1. The highest BCUT2D eigenvalue weighted by molar-refractivity contribution is 5.08. The Hall–Kier alpha value is -0.940. The SMILES string of the molecule is CCC(c1nc(C2CC3CCC2O3)no1)C(C)O. The quantitative estimate of drug-likeness (QED) is 0.887. The van der Waals surface area contributed by atoms with E-state index in [2.05, 4.69) is 10.1 Å². The zero-order valence-electron chi connectivity index (χ0n) is 10.9. The number of rotatable bonds is 4. The monoisotopic (exact) mass is 252 g/mol. The maximum atomic E-state index is 9.69. The molecule has 5 atom stereocenters. The fourth-order valence-corrected chi connectivity index (χ4v) is 3.18. The van der Waals surface area contributed by atoms with Crippen molar-refractivity contribution in [3.8, 4) is 0 Å². The van der Waals surface area contributed by atoms with E-state index in [1.54, 1.807) is 6.92 Å². The van der Waals surface area contributed by atoms with Crippen LogP contribution in [0.4, 0.5) is 0 Å². The average molecular weight is 252 g/mol. The second kappa shape index (κ2) is 4.63. The fraction of sp³-hybridized carbons (Fsp3) is 0.846. The van der Waals surface area contributed by atoms with Crippen LogP contribution in [-0.2, 0) is 4.74 Å². The predicted octanol–water partition coefficient (Wildman–Crippen LogP) is 1.98. The minimum absolute atomic E-state index is 0.0641. The third-order valence-corrected chi connectivity index (χ3v) is 4.23. The van der Waals surface area contributed by atoms with E-state index >= 15 is 0 Å². The zero-order chi connectivity index (χ0) is 12.7. The van der Waals surface area contributed by atoms with Crippen molar-refractivity contribution in [2.45, 2.75) is 69.7 Å². The van der Waals surface area contributed by atoms with Gasteiger partial charge in [-0.25, -0.2) is 0 Å². The lowest BCUT2D eigenvalue weighted by molar-refractivity contribution is 0.0996. The van der Waals surface area contributed by atoms with Crippen molar-refractivity contribution in [2.75, 3.05) is 0 Å². The molecule has 2 aliphatic heterocycles. The Morgan fingerprint density at radius 1 is 1.44 bits per heavy atom. The van der Waals surface area contributed by atoms with Crippen molar-refractivity contribution < 1.29 is 14.4 Å². The molecule has 1 aromatic heterocycles. The van der Waals surface area contributed by atoms with Crippen LogP contribution in [0.5, 0.6) is 0 Å². The van der Waals surface area contributed by atoms with E-state index in [1.807, 2.05) is 6.92 Å². The number of aliphatic hydroxyl groups is 1. The Bertz CT molecular complexity index is 418. The van der Waals surface area contributed by atoms with E-state index in [1.165, 1.54) is 0 Å². The average Bonchev–Trinajstić information content (AvgIpc) is 3.04. The zero-order valence-corrected chi connectivity index (χ0v) is 10.9. The van der Waals surface area contributed by atoms with Crippen LogP contribution in [0.2, 0.25) is 0 Å². The van der Waals surface area contributed by atoms with Crippen LogP contribution in [0.3, 0.4) is 0 Å². The normalized spacial score (nSPS) is 33.8. The summed E-state index contributed by atoms with van der Waals surface area (Å²) in [4.78, 5) is 4.49. The maximum Gasteiger partial charge on any atom is 0.232 e. The van der Waals surface area contributed by atoms with Gasteiger partial charge in [-0.05, 0) is 32.6 Å². The molecule has 18 heavy (non-hydrogen) atoms. The summed E-state index contributed by atoms with van der Waals surface area (Å²) in [5.74, 6) is 1.54. The third-order valence-electron chi connectivity index (χ3n) is 4.23. The number of nitrogens with zero attached hydrogens (tertiary/aromatic N) is 2. The van der Waals surface area contributed by atoms with E-state index in [9.17, 15) is 5.11 Å². The molecule has 1 N–H and O–H groups in total. The summed E-state index contributed by atoms with van der Waals surface area (Å²) in [5.41, 5.74) is 0. The van der Waals surface area contributed by atoms with Gasteiger partial charge in [0.2, 0.25) is 5.89 Å². The molecule has 3 rings (SSSR count). The number of hydrogen-bond acceptors (Lipinski definition) is 5. The molecule has 5 unspecified atom stereocenters. The molecule has 0 aliphatic carbocycles. The largest absolute Gasteiger partial charge is 0.393 e. The Morgan fingerprint density at radius 3 is 2.83 bits per heavy atom.